The van der Waals surface area contributed by atoms with Crippen LogP contribution in [0.3, 0.4) is 0 Å². The van der Waals surface area contributed by atoms with Crippen LogP contribution in [0.25, 0.3) is 0 Å². The number of rotatable bonds is 6. The number of amides is 2. The molecule has 0 aliphatic heterocycles. The van der Waals surface area contributed by atoms with Gasteiger partial charge in [-0.15, -0.1) is 0 Å². The monoisotopic (exact) mass is 316 g/mol. The van der Waals surface area contributed by atoms with Crippen LogP contribution >= 0.6 is 11.6 Å². The molecule has 2 N–H and O–H groups in total. The van der Waals surface area contributed by atoms with Crippen LogP contribution in [0.5, 0.6) is 0 Å². The van der Waals surface area contributed by atoms with Crippen LogP contribution in [0.2, 0.25) is 5.02 Å². The highest BCUT2D eigenvalue weighted by atomic mass is 35.5. The molecule has 2 amide bonds. The van der Waals surface area contributed by atoms with Crippen molar-refractivity contribution in [2.75, 3.05) is 13.1 Å². The van der Waals surface area contributed by atoms with Gasteiger partial charge in [0.1, 0.15) is 5.82 Å². The smallest absolute Gasteiger partial charge is 0.317 e. The lowest BCUT2D eigenvalue weighted by Crippen LogP contribution is -2.47. The Bertz CT molecular complexity index is 460. The minimum atomic E-state index is -0.598. The minimum absolute atomic E-state index is 0.0309. The molecular weight excluding hydrogens is 295 g/mol. The van der Waals surface area contributed by atoms with Crippen molar-refractivity contribution >= 4 is 17.6 Å². The molecule has 0 radical (unpaired) electrons. The van der Waals surface area contributed by atoms with Gasteiger partial charge >= 0.3 is 6.03 Å². The van der Waals surface area contributed by atoms with Crippen molar-refractivity contribution < 1.29 is 14.3 Å². The lowest BCUT2D eigenvalue weighted by atomic mass is 10.1. The number of nitrogens with one attached hydrogen (secondary N) is 1. The first-order valence-electron chi connectivity index (χ1n) is 6.98. The molecule has 0 spiro atoms. The maximum Gasteiger partial charge on any atom is 0.317 e. The number of nitrogens with zero attached hydrogens (tertiary/aromatic N) is 1. The Hall–Kier alpha value is -1.33. The Morgan fingerprint density at radius 1 is 1.43 bits per heavy atom. The van der Waals surface area contributed by atoms with Gasteiger partial charge in [0.15, 0.2) is 0 Å². The van der Waals surface area contributed by atoms with Crippen molar-refractivity contribution in [3.63, 3.8) is 0 Å². The van der Waals surface area contributed by atoms with Crippen molar-refractivity contribution in [1.29, 1.82) is 0 Å². The zero-order chi connectivity index (χ0) is 16.0. The first-order valence-corrected chi connectivity index (χ1v) is 7.36. The molecule has 0 aliphatic rings. The van der Waals surface area contributed by atoms with Gasteiger partial charge in [-0.2, -0.15) is 0 Å². The lowest BCUT2D eigenvalue weighted by Gasteiger charge is -2.28. The van der Waals surface area contributed by atoms with Gasteiger partial charge < -0.3 is 15.3 Å². The van der Waals surface area contributed by atoms with E-state index in [1.165, 1.54) is 11.0 Å². The molecule has 21 heavy (non-hydrogen) atoms. The number of hydrogen-bond acceptors (Lipinski definition) is 2. The maximum absolute atomic E-state index is 13.6. The second-order valence-corrected chi connectivity index (χ2v) is 5.68. The summed E-state index contributed by atoms with van der Waals surface area (Å²) in [5.74, 6) is -0.374. The van der Waals surface area contributed by atoms with Crippen LogP contribution in [0.1, 0.15) is 26.3 Å². The first-order chi connectivity index (χ1) is 9.82. The average molecular weight is 317 g/mol. The standard InChI is InChI=1S/C15H22ClFN2O2/c1-10(2)19(9-11(3)20)15(21)18-8-7-12-13(16)5-4-6-14(12)17/h4-6,10-11,20H,7-9H2,1-3H3,(H,18,21). The van der Waals surface area contributed by atoms with Gasteiger partial charge in [0, 0.05) is 29.7 Å². The maximum atomic E-state index is 13.6. The van der Waals surface area contributed by atoms with Crippen molar-refractivity contribution in [1.82, 2.24) is 10.2 Å². The predicted octanol–water partition coefficient (Wildman–Crippen LogP) is 2.82. The highest BCUT2D eigenvalue weighted by molar-refractivity contribution is 6.31. The van der Waals surface area contributed by atoms with Crippen molar-refractivity contribution in [3.8, 4) is 0 Å². The van der Waals surface area contributed by atoms with Crippen LogP contribution in [0.4, 0.5) is 9.18 Å². The lowest BCUT2D eigenvalue weighted by molar-refractivity contribution is 0.119. The minimum Gasteiger partial charge on any atom is -0.392 e. The number of carbonyl (C=O) groups excluding carboxylic acids is 1. The number of carbonyl (C=O) groups is 1. The molecule has 4 nitrogen and oxygen atoms in total. The molecule has 1 aromatic carbocycles. The summed E-state index contributed by atoms with van der Waals surface area (Å²) in [4.78, 5) is 13.6. The molecular formula is C15H22ClFN2O2. The highest BCUT2D eigenvalue weighted by Crippen LogP contribution is 2.19. The van der Waals surface area contributed by atoms with Gasteiger partial charge in [-0.25, -0.2) is 9.18 Å². The van der Waals surface area contributed by atoms with Crippen molar-refractivity contribution in [3.05, 3.63) is 34.6 Å². The van der Waals surface area contributed by atoms with E-state index in [4.69, 9.17) is 11.6 Å². The number of halogens is 2. The summed E-state index contributed by atoms with van der Waals surface area (Å²) in [5, 5.41) is 12.5. The van der Waals surface area contributed by atoms with Gasteiger partial charge in [-0.3, -0.25) is 0 Å². The quantitative estimate of drug-likeness (QED) is 0.848. The Kier molecular flexibility index (Phi) is 6.92. The zero-order valence-electron chi connectivity index (χ0n) is 12.6. The van der Waals surface area contributed by atoms with E-state index >= 15 is 0 Å². The second kappa shape index (κ2) is 8.20. The Morgan fingerprint density at radius 3 is 2.62 bits per heavy atom. The number of aliphatic hydroxyl groups excluding tert-OH is 1. The summed E-state index contributed by atoms with van der Waals surface area (Å²) >= 11 is 5.93. The molecule has 0 heterocycles. The zero-order valence-corrected chi connectivity index (χ0v) is 13.3. The van der Waals surface area contributed by atoms with Crippen molar-refractivity contribution in [2.45, 2.75) is 39.3 Å². The van der Waals surface area contributed by atoms with Crippen LogP contribution < -0.4 is 5.32 Å². The fraction of sp³-hybridized carbons (Fsp3) is 0.533. The van der Waals surface area contributed by atoms with Crippen LogP contribution in [-0.4, -0.2) is 41.3 Å². The summed E-state index contributed by atoms with van der Waals surface area (Å²) in [6, 6.07) is 4.20. The topological polar surface area (TPSA) is 52.6 Å². The predicted molar refractivity (Wildman–Crippen MR) is 82.0 cm³/mol. The van der Waals surface area contributed by atoms with E-state index < -0.39 is 6.10 Å². The van der Waals surface area contributed by atoms with E-state index in [1.807, 2.05) is 13.8 Å². The molecule has 118 valence electrons. The fourth-order valence-corrected chi connectivity index (χ4v) is 2.24. The van der Waals surface area contributed by atoms with Crippen LogP contribution in [0.15, 0.2) is 18.2 Å². The fourth-order valence-electron chi connectivity index (χ4n) is 1.98. The molecule has 1 unspecified atom stereocenters. The Morgan fingerprint density at radius 2 is 2.10 bits per heavy atom. The summed E-state index contributed by atoms with van der Waals surface area (Å²) < 4.78 is 13.6. The molecule has 1 rings (SSSR count). The third-order valence-electron chi connectivity index (χ3n) is 3.06. The Labute approximate surface area is 129 Å². The third-order valence-corrected chi connectivity index (χ3v) is 3.41. The molecule has 0 aliphatic carbocycles. The molecule has 0 bridgehead atoms. The van der Waals surface area contributed by atoms with Gasteiger partial charge in [0.05, 0.1) is 6.10 Å². The van der Waals surface area contributed by atoms with Crippen molar-refractivity contribution in [2.24, 2.45) is 0 Å². The first kappa shape index (κ1) is 17.7. The summed E-state index contributed by atoms with van der Waals surface area (Å²) in [6.07, 6.45) is -0.281. The van der Waals surface area contributed by atoms with Gasteiger partial charge in [0.25, 0.3) is 0 Å². The molecule has 0 saturated heterocycles. The normalized spacial score (nSPS) is 12.3. The average Bonchev–Trinajstić information content (AvgIpc) is 2.38. The number of urea groups is 1. The highest BCUT2D eigenvalue weighted by Gasteiger charge is 2.18. The Balaban J connectivity index is 2.56. The summed E-state index contributed by atoms with van der Waals surface area (Å²) in [6.45, 7) is 5.90. The van der Waals surface area contributed by atoms with E-state index in [0.717, 1.165) is 0 Å². The number of hydrogen-bond donors (Lipinski definition) is 2. The van der Waals surface area contributed by atoms with E-state index in [9.17, 15) is 14.3 Å². The third kappa shape index (κ3) is 5.52. The van der Waals surface area contributed by atoms with Gasteiger partial charge in [0.2, 0.25) is 0 Å². The number of benzene rings is 1. The number of aliphatic hydroxyl groups is 1. The molecule has 6 heteroatoms. The van der Waals surface area contributed by atoms with E-state index in [0.29, 0.717) is 17.0 Å². The van der Waals surface area contributed by atoms with Gasteiger partial charge in [-0.1, -0.05) is 17.7 Å². The van der Waals surface area contributed by atoms with Gasteiger partial charge in [-0.05, 0) is 39.3 Å². The SMILES string of the molecule is CC(O)CN(C(=O)NCCc1c(F)cccc1Cl)C(C)C. The van der Waals surface area contributed by atoms with E-state index in [2.05, 4.69) is 5.32 Å². The second-order valence-electron chi connectivity index (χ2n) is 5.28. The molecule has 0 aromatic heterocycles. The summed E-state index contributed by atoms with van der Waals surface area (Å²) in [7, 11) is 0. The summed E-state index contributed by atoms with van der Waals surface area (Å²) in [5.41, 5.74) is 0.395. The molecule has 0 fully saturated rings. The largest absolute Gasteiger partial charge is 0.392 e. The van der Waals surface area contributed by atoms with E-state index in [-0.39, 0.29) is 31.0 Å². The van der Waals surface area contributed by atoms with E-state index in [1.54, 1.807) is 19.1 Å². The molecule has 1 aromatic rings. The molecule has 1 atom stereocenters. The van der Waals surface area contributed by atoms with Crippen LogP contribution in [0, 0.1) is 5.82 Å². The molecule has 0 saturated carbocycles. The van der Waals surface area contributed by atoms with Crippen LogP contribution in [-0.2, 0) is 6.42 Å².